The van der Waals surface area contributed by atoms with Gasteiger partial charge in [0.1, 0.15) is 12.6 Å². The van der Waals surface area contributed by atoms with Crippen LogP contribution in [0, 0.1) is 6.92 Å². The minimum Gasteiger partial charge on any atom is -0.354 e. The number of benzene rings is 4. The number of hydrogen-bond donors (Lipinski definition) is 1. The topological polar surface area (TPSA) is 86.8 Å². The van der Waals surface area contributed by atoms with Crippen LogP contribution in [0.4, 0.5) is 5.69 Å². The Kier molecular flexibility index (Phi) is 11.6. The van der Waals surface area contributed by atoms with E-state index >= 15 is 0 Å². The van der Waals surface area contributed by atoms with Crippen molar-refractivity contribution < 1.29 is 18.0 Å². The number of carbonyl (C=O) groups excluding carboxylic acids is 2. The predicted molar refractivity (Wildman–Crippen MR) is 179 cm³/mol. The molecule has 0 aliphatic rings. The average Bonchev–Trinajstić information content (AvgIpc) is 3.01. The predicted octanol–water partition coefficient (Wildman–Crippen LogP) is 6.77. The molecule has 0 saturated heterocycles. The lowest BCUT2D eigenvalue weighted by atomic mass is 10.0. The molecule has 0 saturated carbocycles. The Morgan fingerprint density at radius 3 is 2.23 bits per heavy atom. The molecule has 4 rings (SSSR count). The molecular formula is C34H35BrClN3O4S. The molecule has 1 atom stereocenters. The van der Waals surface area contributed by atoms with Crippen LogP contribution < -0.4 is 9.62 Å². The van der Waals surface area contributed by atoms with E-state index in [9.17, 15) is 18.0 Å². The Balaban J connectivity index is 1.80. The summed E-state index contributed by atoms with van der Waals surface area (Å²) in [6.45, 7) is 3.83. The van der Waals surface area contributed by atoms with Crippen molar-refractivity contribution >= 4 is 55.1 Å². The number of rotatable bonds is 13. The quantitative estimate of drug-likeness (QED) is 0.167. The second-order valence-corrected chi connectivity index (χ2v) is 13.7. The maximum absolute atomic E-state index is 14.5. The van der Waals surface area contributed by atoms with Crippen LogP contribution in [0.2, 0.25) is 5.02 Å². The van der Waals surface area contributed by atoms with Crippen LogP contribution in [0.25, 0.3) is 0 Å². The molecule has 0 heterocycles. The summed E-state index contributed by atoms with van der Waals surface area (Å²) in [5.74, 6) is -0.821. The summed E-state index contributed by atoms with van der Waals surface area (Å²) in [7, 11) is -4.20. The van der Waals surface area contributed by atoms with Gasteiger partial charge >= 0.3 is 0 Å². The molecule has 44 heavy (non-hydrogen) atoms. The number of amides is 2. The third-order valence-corrected chi connectivity index (χ3v) is 9.57. The van der Waals surface area contributed by atoms with Gasteiger partial charge in [-0.05, 0) is 78.6 Å². The maximum Gasteiger partial charge on any atom is 0.264 e. The molecule has 0 aliphatic heterocycles. The SMILES string of the molecule is CCCNC(=O)[C@@H](Cc1ccccc1)N(Cc1cccc(Br)c1)C(=O)CN(c1cccc(C)c1)S(=O)(=O)c1ccc(Cl)cc1. The Labute approximate surface area is 273 Å². The van der Waals surface area contributed by atoms with Gasteiger partial charge in [0.05, 0.1) is 10.6 Å². The third-order valence-electron chi connectivity index (χ3n) is 7.03. The lowest BCUT2D eigenvalue weighted by molar-refractivity contribution is -0.140. The summed E-state index contributed by atoms with van der Waals surface area (Å²) in [6.07, 6.45) is 0.981. The molecule has 0 aliphatic carbocycles. The summed E-state index contributed by atoms with van der Waals surface area (Å²) in [5, 5.41) is 3.35. The van der Waals surface area contributed by atoms with Crippen LogP contribution in [0.1, 0.15) is 30.0 Å². The summed E-state index contributed by atoms with van der Waals surface area (Å²) in [4.78, 5) is 29.6. The van der Waals surface area contributed by atoms with E-state index in [1.54, 1.807) is 18.2 Å². The zero-order chi connectivity index (χ0) is 31.7. The van der Waals surface area contributed by atoms with Gasteiger partial charge in [0.15, 0.2) is 0 Å². The largest absolute Gasteiger partial charge is 0.354 e. The van der Waals surface area contributed by atoms with E-state index in [2.05, 4.69) is 21.2 Å². The van der Waals surface area contributed by atoms with E-state index in [1.807, 2.05) is 74.5 Å². The molecule has 0 aromatic heterocycles. The number of anilines is 1. The van der Waals surface area contributed by atoms with Crippen molar-refractivity contribution in [3.05, 3.63) is 129 Å². The van der Waals surface area contributed by atoms with E-state index in [0.29, 0.717) is 17.3 Å². The first kappa shape index (κ1) is 33.2. The smallest absolute Gasteiger partial charge is 0.264 e. The number of nitrogens with zero attached hydrogens (tertiary/aromatic N) is 2. The molecule has 0 radical (unpaired) electrons. The van der Waals surface area contributed by atoms with Gasteiger partial charge in [-0.25, -0.2) is 8.42 Å². The first-order chi connectivity index (χ1) is 21.1. The highest BCUT2D eigenvalue weighted by Gasteiger charge is 2.34. The van der Waals surface area contributed by atoms with Crippen molar-refractivity contribution in [1.82, 2.24) is 10.2 Å². The summed E-state index contributed by atoms with van der Waals surface area (Å²) < 4.78 is 30.1. The number of nitrogens with one attached hydrogen (secondary N) is 1. The molecule has 230 valence electrons. The van der Waals surface area contributed by atoms with Crippen LogP contribution in [0.5, 0.6) is 0 Å². The molecule has 7 nitrogen and oxygen atoms in total. The van der Waals surface area contributed by atoms with Crippen molar-refractivity contribution in [2.45, 2.75) is 44.2 Å². The molecule has 4 aromatic rings. The number of hydrogen-bond acceptors (Lipinski definition) is 4. The first-order valence-electron chi connectivity index (χ1n) is 14.3. The molecule has 0 bridgehead atoms. The third kappa shape index (κ3) is 8.71. The van der Waals surface area contributed by atoms with Gasteiger partial charge in [-0.2, -0.15) is 0 Å². The van der Waals surface area contributed by atoms with Crippen molar-refractivity contribution in [2.75, 3.05) is 17.4 Å². The molecular weight excluding hydrogens is 662 g/mol. The highest BCUT2D eigenvalue weighted by atomic mass is 79.9. The second kappa shape index (κ2) is 15.4. The lowest BCUT2D eigenvalue weighted by Gasteiger charge is -2.34. The van der Waals surface area contributed by atoms with Gasteiger partial charge in [0, 0.05) is 29.0 Å². The Morgan fingerprint density at radius 1 is 0.886 bits per heavy atom. The Bertz CT molecular complexity index is 1680. The summed E-state index contributed by atoms with van der Waals surface area (Å²) in [6, 6.07) is 28.9. The van der Waals surface area contributed by atoms with Crippen LogP contribution in [0.15, 0.2) is 112 Å². The number of sulfonamides is 1. The Morgan fingerprint density at radius 2 is 1.57 bits per heavy atom. The maximum atomic E-state index is 14.5. The summed E-state index contributed by atoms with van der Waals surface area (Å²) in [5.41, 5.74) is 2.83. The van der Waals surface area contributed by atoms with E-state index < -0.39 is 28.5 Å². The summed E-state index contributed by atoms with van der Waals surface area (Å²) >= 11 is 9.55. The van der Waals surface area contributed by atoms with E-state index in [-0.39, 0.29) is 23.8 Å². The minimum atomic E-state index is -4.20. The number of halogens is 2. The number of aryl methyl sites for hydroxylation is 1. The normalized spacial score (nSPS) is 11.9. The monoisotopic (exact) mass is 695 g/mol. The van der Waals surface area contributed by atoms with Gasteiger partial charge in [0.25, 0.3) is 10.0 Å². The zero-order valence-corrected chi connectivity index (χ0v) is 27.8. The van der Waals surface area contributed by atoms with Gasteiger partial charge < -0.3 is 10.2 Å². The molecule has 10 heteroatoms. The molecule has 1 N–H and O–H groups in total. The zero-order valence-electron chi connectivity index (χ0n) is 24.6. The molecule has 4 aromatic carbocycles. The molecule has 0 unspecified atom stereocenters. The van der Waals surface area contributed by atoms with Crippen LogP contribution in [-0.4, -0.2) is 44.3 Å². The van der Waals surface area contributed by atoms with E-state index in [1.165, 1.54) is 29.2 Å². The van der Waals surface area contributed by atoms with Crippen molar-refractivity contribution in [3.8, 4) is 0 Å². The van der Waals surface area contributed by atoms with E-state index in [4.69, 9.17) is 11.6 Å². The fourth-order valence-electron chi connectivity index (χ4n) is 4.80. The first-order valence-corrected chi connectivity index (χ1v) is 16.9. The van der Waals surface area contributed by atoms with E-state index in [0.717, 1.165) is 31.9 Å². The molecule has 0 spiro atoms. The minimum absolute atomic E-state index is 0.00345. The van der Waals surface area contributed by atoms with Gasteiger partial charge in [-0.3, -0.25) is 13.9 Å². The van der Waals surface area contributed by atoms with Gasteiger partial charge in [0.2, 0.25) is 11.8 Å². The molecule has 2 amide bonds. The van der Waals surface area contributed by atoms with Crippen molar-refractivity contribution in [3.63, 3.8) is 0 Å². The fourth-order valence-corrected chi connectivity index (χ4v) is 6.78. The van der Waals surface area contributed by atoms with Crippen molar-refractivity contribution in [1.29, 1.82) is 0 Å². The fraction of sp³-hybridized carbons (Fsp3) is 0.235. The highest BCUT2D eigenvalue weighted by Crippen LogP contribution is 2.27. The molecule has 0 fully saturated rings. The van der Waals surface area contributed by atoms with Gasteiger partial charge in [-0.15, -0.1) is 0 Å². The lowest BCUT2D eigenvalue weighted by Crippen LogP contribution is -2.53. The number of carbonyl (C=O) groups is 2. The Hall–Kier alpha value is -3.66. The van der Waals surface area contributed by atoms with Gasteiger partial charge in [-0.1, -0.05) is 89.1 Å². The highest BCUT2D eigenvalue weighted by molar-refractivity contribution is 9.10. The van der Waals surface area contributed by atoms with Crippen molar-refractivity contribution in [2.24, 2.45) is 0 Å². The van der Waals surface area contributed by atoms with Crippen LogP contribution >= 0.6 is 27.5 Å². The standard InChI is InChI=1S/C34H35BrClN3O4S/c1-3-19-37-34(41)32(22-26-10-5-4-6-11-26)38(23-27-12-8-13-28(35)21-27)33(40)24-39(30-14-7-9-25(2)20-30)44(42,43)31-17-15-29(36)16-18-31/h4-18,20-21,32H,3,19,22-24H2,1-2H3,(H,37,41)/t32-/m1/s1. The second-order valence-electron chi connectivity index (χ2n) is 10.5. The average molecular weight is 697 g/mol. The van der Waals surface area contributed by atoms with Crippen LogP contribution in [0.3, 0.4) is 0 Å². The van der Waals surface area contributed by atoms with Crippen LogP contribution in [-0.2, 0) is 32.6 Å².